The van der Waals surface area contributed by atoms with E-state index in [4.69, 9.17) is 22.1 Å². The van der Waals surface area contributed by atoms with E-state index in [1.165, 1.54) is 0 Å². The van der Waals surface area contributed by atoms with E-state index in [0.717, 1.165) is 28.1 Å². The molecule has 0 saturated heterocycles. The zero-order valence-electron chi connectivity index (χ0n) is 14.9. The van der Waals surface area contributed by atoms with Crippen LogP contribution in [0.1, 0.15) is 28.3 Å². The van der Waals surface area contributed by atoms with E-state index in [0.29, 0.717) is 16.5 Å². The lowest BCUT2D eigenvalue weighted by molar-refractivity contribution is 0.367. The van der Waals surface area contributed by atoms with Crippen molar-refractivity contribution in [1.29, 1.82) is 5.26 Å². The third-order valence-corrected chi connectivity index (χ3v) is 4.97. The SMILES string of the molecule is Cc1ccc(-n2nc(C)c3c2OC(N)=C(C#N)[C@H]3c2ccc(Cl)cc2)cc1. The molecule has 5 nitrogen and oxygen atoms in total. The van der Waals surface area contributed by atoms with Gasteiger partial charge < -0.3 is 10.5 Å². The first-order valence-electron chi connectivity index (χ1n) is 8.49. The van der Waals surface area contributed by atoms with Crippen LogP contribution < -0.4 is 10.5 Å². The Kier molecular flexibility index (Phi) is 4.14. The molecule has 0 amide bonds. The van der Waals surface area contributed by atoms with Gasteiger partial charge in [0.25, 0.3) is 0 Å². The number of nitrogens with two attached hydrogens (primary N) is 1. The van der Waals surface area contributed by atoms with Crippen molar-refractivity contribution in [1.82, 2.24) is 9.78 Å². The van der Waals surface area contributed by atoms with Crippen LogP contribution in [0.4, 0.5) is 0 Å². The van der Waals surface area contributed by atoms with Crippen molar-refractivity contribution in [3.05, 3.63) is 87.4 Å². The van der Waals surface area contributed by atoms with Crippen molar-refractivity contribution in [2.45, 2.75) is 19.8 Å². The smallest absolute Gasteiger partial charge is 0.229 e. The van der Waals surface area contributed by atoms with Crippen molar-refractivity contribution < 1.29 is 4.74 Å². The molecule has 6 heteroatoms. The van der Waals surface area contributed by atoms with Crippen LogP contribution in [0.15, 0.2) is 60.0 Å². The summed E-state index contributed by atoms with van der Waals surface area (Å²) in [4.78, 5) is 0. The normalized spacial score (nSPS) is 15.9. The number of allylic oxidation sites excluding steroid dienone is 1. The van der Waals surface area contributed by atoms with Crippen molar-refractivity contribution in [3.8, 4) is 17.6 Å². The molecule has 2 N–H and O–H groups in total. The van der Waals surface area contributed by atoms with Gasteiger partial charge in [0.1, 0.15) is 11.6 Å². The van der Waals surface area contributed by atoms with Gasteiger partial charge in [-0.1, -0.05) is 41.4 Å². The predicted octanol–water partition coefficient (Wildman–Crippen LogP) is 4.36. The van der Waals surface area contributed by atoms with Crippen molar-refractivity contribution in [3.63, 3.8) is 0 Å². The number of aryl methyl sites for hydroxylation is 2. The first-order valence-corrected chi connectivity index (χ1v) is 8.87. The number of halogens is 1. The lowest BCUT2D eigenvalue weighted by atomic mass is 9.84. The fraction of sp³-hybridized carbons (Fsp3) is 0.143. The fourth-order valence-electron chi connectivity index (χ4n) is 3.36. The zero-order valence-corrected chi connectivity index (χ0v) is 15.7. The maximum absolute atomic E-state index is 9.70. The van der Waals surface area contributed by atoms with Gasteiger partial charge in [0.05, 0.1) is 22.9 Å². The summed E-state index contributed by atoms with van der Waals surface area (Å²) in [6.45, 7) is 3.94. The first kappa shape index (κ1) is 17.2. The van der Waals surface area contributed by atoms with Crippen molar-refractivity contribution in [2.75, 3.05) is 0 Å². The van der Waals surface area contributed by atoms with Gasteiger partial charge in [-0.3, -0.25) is 0 Å². The molecule has 134 valence electrons. The molecule has 0 fully saturated rings. The molecule has 4 rings (SSSR count). The third kappa shape index (κ3) is 2.84. The molecule has 1 aliphatic rings. The second-order valence-electron chi connectivity index (χ2n) is 6.53. The van der Waals surface area contributed by atoms with Crippen molar-refractivity contribution in [2.24, 2.45) is 5.73 Å². The Balaban J connectivity index is 1.93. The van der Waals surface area contributed by atoms with Gasteiger partial charge in [0.2, 0.25) is 11.8 Å². The Morgan fingerprint density at radius 1 is 1.11 bits per heavy atom. The van der Waals surface area contributed by atoms with Gasteiger partial charge in [-0.05, 0) is 43.7 Å². The summed E-state index contributed by atoms with van der Waals surface area (Å²) in [7, 11) is 0. The molecule has 27 heavy (non-hydrogen) atoms. The van der Waals surface area contributed by atoms with Crippen LogP contribution in [0.25, 0.3) is 5.69 Å². The number of hydrogen-bond donors (Lipinski definition) is 1. The zero-order chi connectivity index (χ0) is 19.1. The highest BCUT2D eigenvalue weighted by Crippen LogP contribution is 2.44. The van der Waals surface area contributed by atoms with Crippen LogP contribution in [0.2, 0.25) is 5.02 Å². The predicted molar refractivity (Wildman–Crippen MR) is 104 cm³/mol. The molecule has 0 saturated carbocycles. The number of rotatable bonds is 2. The molecule has 0 unspecified atom stereocenters. The van der Waals surface area contributed by atoms with E-state index < -0.39 is 0 Å². The fourth-order valence-corrected chi connectivity index (χ4v) is 3.49. The van der Waals surface area contributed by atoms with E-state index in [-0.39, 0.29) is 11.8 Å². The minimum Gasteiger partial charge on any atom is -0.422 e. The van der Waals surface area contributed by atoms with Gasteiger partial charge in [0.15, 0.2) is 0 Å². The molecular formula is C21H17ClN4O. The molecule has 2 aromatic carbocycles. The Morgan fingerprint density at radius 3 is 2.41 bits per heavy atom. The van der Waals surface area contributed by atoms with E-state index in [2.05, 4.69) is 11.2 Å². The van der Waals surface area contributed by atoms with Crippen LogP contribution in [0, 0.1) is 25.2 Å². The Labute approximate surface area is 162 Å². The number of hydrogen-bond acceptors (Lipinski definition) is 4. The van der Waals surface area contributed by atoms with Crippen LogP contribution in [-0.2, 0) is 0 Å². The highest BCUT2D eigenvalue weighted by Gasteiger charge is 2.36. The molecule has 2 heterocycles. The average molecular weight is 377 g/mol. The van der Waals surface area contributed by atoms with E-state index in [1.54, 1.807) is 16.8 Å². The standard InChI is InChI=1S/C21H17ClN4O/c1-12-3-9-16(10-4-12)26-21-18(13(2)25-26)19(17(11-23)20(24)27-21)14-5-7-15(22)8-6-14/h3-10,19H,24H2,1-2H3/t19-/m1/s1. The Morgan fingerprint density at radius 2 is 1.78 bits per heavy atom. The number of aromatic nitrogens is 2. The van der Waals surface area contributed by atoms with E-state index in [1.807, 2.05) is 50.2 Å². The maximum atomic E-state index is 9.70. The molecule has 3 aromatic rings. The van der Waals surface area contributed by atoms with Gasteiger partial charge in [0, 0.05) is 5.02 Å². The lowest BCUT2D eigenvalue weighted by Crippen LogP contribution is -2.22. The molecule has 0 bridgehead atoms. The minimum atomic E-state index is -0.352. The van der Waals surface area contributed by atoms with Crippen LogP contribution >= 0.6 is 11.6 Å². The highest BCUT2D eigenvalue weighted by molar-refractivity contribution is 6.30. The molecule has 0 aliphatic carbocycles. The van der Waals surface area contributed by atoms with Gasteiger partial charge in [-0.15, -0.1) is 0 Å². The molecular weight excluding hydrogens is 360 g/mol. The summed E-state index contributed by atoms with van der Waals surface area (Å²) < 4.78 is 7.59. The summed E-state index contributed by atoms with van der Waals surface area (Å²) >= 11 is 6.04. The second kappa shape index (κ2) is 6.49. The number of ether oxygens (including phenoxy) is 1. The number of nitrogens with zero attached hydrogens (tertiary/aromatic N) is 3. The Bertz CT molecular complexity index is 1090. The summed E-state index contributed by atoms with van der Waals surface area (Å²) in [5.41, 5.74) is 11.0. The molecule has 1 atom stereocenters. The summed E-state index contributed by atoms with van der Waals surface area (Å²) in [6.07, 6.45) is 0. The number of nitriles is 1. The number of benzene rings is 2. The van der Waals surface area contributed by atoms with E-state index in [9.17, 15) is 5.26 Å². The van der Waals surface area contributed by atoms with Gasteiger partial charge in [-0.25, -0.2) is 4.68 Å². The summed E-state index contributed by atoms with van der Waals surface area (Å²) in [6, 6.07) is 17.6. The van der Waals surface area contributed by atoms with Gasteiger partial charge >= 0.3 is 0 Å². The summed E-state index contributed by atoms with van der Waals surface area (Å²) in [5, 5.41) is 15.0. The second-order valence-corrected chi connectivity index (χ2v) is 6.96. The van der Waals surface area contributed by atoms with Crippen molar-refractivity contribution >= 4 is 11.6 Å². The summed E-state index contributed by atoms with van der Waals surface area (Å²) in [5.74, 6) is 0.279. The molecule has 0 spiro atoms. The van der Waals surface area contributed by atoms with Crippen LogP contribution in [0.5, 0.6) is 5.88 Å². The molecule has 0 radical (unpaired) electrons. The van der Waals surface area contributed by atoms with E-state index >= 15 is 0 Å². The first-order chi connectivity index (χ1) is 13.0. The lowest BCUT2D eigenvalue weighted by Gasteiger charge is -2.25. The molecule has 1 aromatic heterocycles. The Hall–Kier alpha value is -3.23. The minimum absolute atomic E-state index is 0.0956. The quantitative estimate of drug-likeness (QED) is 0.720. The highest BCUT2D eigenvalue weighted by atomic mass is 35.5. The number of fused-ring (bicyclic) bond motifs is 1. The maximum Gasteiger partial charge on any atom is 0.229 e. The van der Waals surface area contributed by atoms with Crippen LogP contribution in [-0.4, -0.2) is 9.78 Å². The topological polar surface area (TPSA) is 76.9 Å². The van der Waals surface area contributed by atoms with Crippen LogP contribution in [0.3, 0.4) is 0 Å². The molecule has 1 aliphatic heterocycles. The largest absolute Gasteiger partial charge is 0.422 e. The average Bonchev–Trinajstić information content (AvgIpc) is 2.98. The third-order valence-electron chi connectivity index (χ3n) is 4.71. The van der Waals surface area contributed by atoms with Gasteiger partial charge in [-0.2, -0.15) is 10.4 Å². The monoisotopic (exact) mass is 376 g/mol.